The van der Waals surface area contributed by atoms with Crippen LogP contribution < -0.4 is 11.1 Å². The van der Waals surface area contributed by atoms with Gasteiger partial charge in [-0.1, -0.05) is 43.7 Å². The first-order chi connectivity index (χ1) is 11.5. The number of nitrogens with zero attached hydrogens (tertiary/aromatic N) is 2. The van der Waals surface area contributed by atoms with Crippen LogP contribution in [-0.4, -0.2) is 56.8 Å². The van der Waals surface area contributed by atoms with Crippen LogP contribution in [0.3, 0.4) is 0 Å². The molecule has 25 heavy (non-hydrogen) atoms. The minimum atomic E-state index is -0.0200. The molecule has 0 bridgehead atoms. The molecule has 0 unspecified atom stereocenters. The molecule has 0 aliphatic carbocycles. The molecule has 0 radical (unpaired) electrons. The minimum absolute atomic E-state index is 0. The third kappa shape index (κ3) is 7.92. The summed E-state index contributed by atoms with van der Waals surface area (Å²) in [6, 6.07) is 8.65. The number of aryl methyl sites for hydroxylation is 1. The third-order valence-corrected chi connectivity index (χ3v) is 4.54. The largest absolute Gasteiger partial charge is 0.379 e. The molecule has 0 atom stereocenters. The van der Waals surface area contributed by atoms with E-state index in [-0.39, 0.29) is 29.4 Å². The molecule has 0 amide bonds. The Labute approximate surface area is 169 Å². The van der Waals surface area contributed by atoms with Gasteiger partial charge in [0.15, 0.2) is 5.96 Å². The van der Waals surface area contributed by atoms with E-state index in [0.717, 1.165) is 45.8 Å². The van der Waals surface area contributed by atoms with Gasteiger partial charge in [0, 0.05) is 25.0 Å². The molecule has 142 valence electrons. The Morgan fingerprint density at radius 3 is 2.52 bits per heavy atom. The van der Waals surface area contributed by atoms with Crippen molar-refractivity contribution in [2.75, 3.05) is 45.9 Å². The van der Waals surface area contributed by atoms with Crippen molar-refractivity contribution in [2.45, 2.75) is 32.6 Å². The van der Waals surface area contributed by atoms with Crippen LogP contribution in [0.2, 0.25) is 0 Å². The predicted molar refractivity (Wildman–Crippen MR) is 116 cm³/mol. The smallest absolute Gasteiger partial charge is 0.188 e. The van der Waals surface area contributed by atoms with E-state index >= 15 is 0 Å². The molecule has 0 spiro atoms. The lowest BCUT2D eigenvalue weighted by Crippen LogP contribution is -2.39. The van der Waals surface area contributed by atoms with E-state index in [1.54, 1.807) is 0 Å². The summed E-state index contributed by atoms with van der Waals surface area (Å²) < 4.78 is 5.35. The molecule has 0 aromatic heterocycles. The predicted octanol–water partition coefficient (Wildman–Crippen LogP) is 2.52. The number of benzene rings is 1. The summed E-state index contributed by atoms with van der Waals surface area (Å²) in [5, 5.41) is 3.23. The number of ether oxygens (including phenoxy) is 1. The summed E-state index contributed by atoms with van der Waals surface area (Å²) in [5.74, 6) is 0.539. The molecule has 2 rings (SSSR count). The van der Waals surface area contributed by atoms with Crippen LogP contribution in [0.15, 0.2) is 29.3 Å². The standard InChI is InChI=1S/C19H32N4O.HI/c1-16-5-7-17(8-6-16)19(2,3)15-22-18(20)21-9-4-10-23-11-13-24-14-12-23;/h5-8H,4,9-15H2,1-3H3,(H3,20,21,22);1H. The Morgan fingerprint density at radius 2 is 1.88 bits per heavy atom. The lowest BCUT2D eigenvalue weighted by Gasteiger charge is -2.26. The number of halogens is 1. The number of aliphatic imine (C=N–C) groups is 1. The molecule has 1 aromatic rings. The zero-order chi connectivity index (χ0) is 17.4. The first kappa shape index (κ1) is 22.2. The molecular weight excluding hydrogens is 427 g/mol. The van der Waals surface area contributed by atoms with Crippen molar-refractivity contribution < 1.29 is 4.74 Å². The van der Waals surface area contributed by atoms with Gasteiger partial charge >= 0.3 is 0 Å². The van der Waals surface area contributed by atoms with Gasteiger partial charge in [-0.3, -0.25) is 9.89 Å². The van der Waals surface area contributed by atoms with E-state index in [4.69, 9.17) is 10.5 Å². The fourth-order valence-electron chi connectivity index (χ4n) is 2.78. The molecule has 1 aliphatic heterocycles. The zero-order valence-electron chi connectivity index (χ0n) is 15.8. The Hall–Kier alpha value is -0.860. The highest BCUT2D eigenvalue weighted by Crippen LogP contribution is 2.23. The summed E-state index contributed by atoms with van der Waals surface area (Å²) in [6.45, 7) is 12.9. The topological polar surface area (TPSA) is 62.9 Å². The molecule has 1 saturated heterocycles. The van der Waals surface area contributed by atoms with Crippen LogP contribution in [0.25, 0.3) is 0 Å². The number of hydrogen-bond donors (Lipinski definition) is 2. The maximum atomic E-state index is 6.01. The summed E-state index contributed by atoms with van der Waals surface area (Å²) in [7, 11) is 0. The molecule has 6 heteroatoms. The average Bonchev–Trinajstić information content (AvgIpc) is 2.58. The molecule has 1 heterocycles. The Kier molecular flexibility index (Phi) is 9.74. The molecule has 1 aromatic carbocycles. The van der Waals surface area contributed by atoms with Crippen molar-refractivity contribution in [3.8, 4) is 0 Å². The molecule has 1 fully saturated rings. The van der Waals surface area contributed by atoms with Gasteiger partial charge < -0.3 is 15.8 Å². The number of guanidine groups is 1. The molecule has 0 saturated carbocycles. The van der Waals surface area contributed by atoms with Crippen LogP contribution in [0.4, 0.5) is 0 Å². The van der Waals surface area contributed by atoms with Gasteiger partial charge in [-0.2, -0.15) is 0 Å². The van der Waals surface area contributed by atoms with E-state index in [9.17, 15) is 0 Å². The van der Waals surface area contributed by atoms with Crippen LogP contribution in [0, 0.1) is 6.92 Å². The van der Waals surface area contributed by atoms with E-state index in [1.165, 1.54) is 11.1 Å². The SMILES string of the molecule is Cc1ccc(C(C)(C)CN=C(N)NCCCN2CCOCC2)cc1.I. The molecule has 5 nitrogen and oxygen atoms in total. The van der Waals surface area contributed by atoms with Gasteiger partial charge in [-0.15, -0.1) is 24.0 Å². The van der Waals surface area contributed by atoms with Crippen LogP contribution >= 0.6 is 24.0 Å². The Morgan fingerprint density at radius 1 is 1.24 bits per heavy atom. The summed E-state index contributed by atoms with van der Waals surface area (Å²) >= 11 is 0. The van der Waals surface area contributed by atoms with Crippen molar-refractivity contribution in [1.82, 2.24) is 10.2 Å². The fourth-order valence-corrected chi connectivity index (χ4v) is 2.78. The van der Waals surface area contributed by atoms with Crippen molar-refractivity contribution in [3.05, 3.63) is 35.4 Å². The normalized spacial score (nSPS) is 16.4. The molecule has 1 aliphatic rings. The highest BCUT2D eigenvalue weighted by atomic mass is 127. The third-order valence-electron chi connectivity index (χ3n) is 4.54. The van der Waals surface area contributed by atoms with E-state index < -0.39 is 0 Å². The van der Waals surface area contributed by atoms with Crippen molar-refractivity contribution >= 4 is 29.9 Å². The average molecular weight is 460 g/mol. The van der Waals surface area contributed by atoms with Gasteiger partial charge in [-0.05, 0) is 25.5 Å². The van der Waals surface area contributed by atoms with Crippen molar-refractivity contribution in [3.63, 3.8) is 0 Å². The highest BCUT2D eigenvalue weighted by Gasteiger charge is 2.20. The van der Waals surface area contributed by atoms with Crippen LogP contribution in [0.5, 0.6) is 0 Å². The van der Waals surface area contributed by atoms with E-state index in [0.29, 0.717) is 12.5 Å². The van der Waals surface area contributed by atoms with Crippen LogP contribution in [0.1, 0.15) is 31.4 Å². The minimum Gasteiger partial charge on any atom is -0.379 e. The number of hydrogen-bond acceptors (Lipinski definition) is 3. The number of nitrogens with one attached hydrogen (secondary N) is 1. The Bertz CT molecular complexity index is 525. The second-order valence-electron chi connectivity index (χ2n) is 7.19. The van der Waals surface area contributed by atoms with Gasteiger partial charge in [0.05, 0.1) is 19.8 Å². The summed E-state index contributed by atoms with van der Waals surface area (Å²) in [6.07, 6.45) is 1.07. The molecule has 3 N–H and O–H groups in total. The molecular formula is C19H33IN4O. The second-order valence-corrected chi connectivity index (χ2v) is 7.19. The van der Waals surface area contributed by atoms with Crippen molar-refractivity contribution in [2.24, 2.45) is 10.7 Å². The van der Waals surface area contributed by atoms with Gasteiger partial charge in [0.2, 0.25) is 0 Å². The van der Waals surface area contributed by atoms with Gasteiger partial charge in [-0.25, -0.2) is 0 Å². The van der Waals surface area contributed by atoms with Gasteiger partial charge in [0.25, 0.3) is 0 Å². The highest BCUT2D eigenvalue weighted by molar-refractivity contribution is 14.0. The number of morpholine rings is 1. The lowest BCUT2D eigenvalue weighted by atomic mass is 9.84. The zero-order valence-corrected chi connectivity index (χ0v) is 18.1. The van der Waals surface area contributed by atoms with Crippen LogP contribution in [-0.2, 0) is 10.2 Å². The summed E-state index contributed by atoms with van der Waals surface area (Å²) in [5.41, 5.74) is 8.55. The number of rotatable bonds is 7. The van der Waals surface area contributed by atoms with E-state index in [1.807, 2.05) is 0 Å². The fraction of sp³-hybridized carbons (Fsp3) is 0.632. The lowest BCUT2D eigenvalue weighted by molar-refractivity contribution is 0.0376. The number of nitrogens with two attached hydrogens (primary N) is 1. The first-order valence-electron chi connectivity index (χ1n) is 8.88. The quantitative estimate of drug-likeness (QED) is 0.284. The maximum Gasteiger partial charge on any atom is 0.188 e. The monoisotopic (exact) mass is 460 g/mol. The van der Waals surface area contributed by atoms with Crippen molar-refractivity contribution in [1.29, 1.82) is 0 Å². The summed E-state index contributed by atoms with van der Waals surface area (Å²) in [4.78, 5) is 6.96. The van der Waals surface area contributed by atoms with Gasteiger partial charge in [0.1, 0.15) is 0 Å². The Balaban J connectivity index is 0.00000312. The second kappa shape index (κ2) is 11.0. The maximum absolute atomic E-state index is 6.01. The first-order valence-corrected chi connectivity index (χ1v) is 8.88. The van der Waals surface area contributed by atoms with E-state index in [2.05, 4.69) is 60.2 Å².